The van der Waals surface area contributed by atoms with Gasteiger partial charge >= 0.3 is 0 Å². The number of nitrogens with zero attached hydrogens (tertiary/aromatic N) is 2. The molecule has 0 aliphatic heterocycles. The van der Waals surface area contributed by atoms with E-state index in [9.17, 15) is 4.79 Å². The first-order valence-corrected chi connectivity index (χ1v) is 6.45. The van der Waals surface area contributed by atoms with Crippen LogP contribution in [0.5, 0.6) is 0 Å². The summed E-state index contributed by atoms with van der Waals surface area (Å²) in [6.07, 6.45) is 1.55. The van der Waals surface area contributed by atoms with Crippen LogP contribution in [0.25, 0.3) is 0 Å². The number of aryl methyl sites for hydroxylation is 2. The minimum absolute atomic E-state index is 0.0812. The fourth-order valence-electron chi connectivity index (χ4n) is 1.95. The molecule has 0 unspecified atom stereocenters. The van der Waals surface area contributed by atoms with Gasteiger partial charge in [0.1, 0.15) is 11.5 Å². The van der Waals surface area contributed by atoms with Gasteiger partial charge in [0.15, 0.2) is 0 Å². The third kappa shape index (κ3) is 3.27. The summed E-state index contributed by atoms with van der Waals surface area (Å²) in [4.78, 5) is 14.2. The molecule has 0 spiro atoms. The molecule has 0 radical (unpaired) electrons. The highest BCUT2D eigenvalue weighted by Gasteiger charge is 2.20. The van der Waals surface area contributed by atoms with Gasteiger partial charge in [-0.15, -0.1) is 0 Å². The number of H-pyrrole nitrogens is 1. The quantitative estimate of drug-likeness (QED) is 0.875. The molecule has 2 rings (SSSR count). The average Bonchev–Trinajstić information content (AvgIpc) is 3.02. The number of nitrogens with one attached hydrogen (secondary N) is 1. The second kappa shape index (κ2) is 6.38. The van der Waals surface area contributed by atoms with E-state index >= 15 is 0 Å². The highest BCUT2D eigenvalue weighted by atomic mass is 16.5. The van der Waals surface area contributed by atoms with Crippen LogP contribution in [0.4, 0.5) is 0 Å². The molecule has 0 bridgehead atoms. The number of rotatable bonds is 6. The summed E-state index contributed by atoms with van der Waals surface area (Å²) < 4.78 is 10.6. The third-order valence-corrected chi connectivity index (χ3v) is 3.06. The minimum Gasteiger partial charge on any atom is -0.464 e. The number of carbonyl (C=O) groups is 1. The van der Waals surface area contributed by atoms with Gasteiger partial charge in [0, 0.05) is 19.3 Å². The van der Waals surface area contributed by atoms with Gasteiger partial charge in [-0.25, -0.2) is 0 Å². The van der Waals surface area contributed by atoms with Crippen molar-refractivity contribution >= 4 is 5.91 Å². The van der Waals surface area contributed by atoms with Crippen molar-refractivity contribution in [2.45, 2.75) is 20.4 Å². The maximum atomic E-state index is 12.5. The molecule has 108 valence electrons. The van der Waals surface area contributed by atoms with Crippen molar-refractivity contribution in [2.75, 3.05) is 20.3 Å². The van der Waals surface area contributed by atoms with Crippen LogP contribution < -0.4 is 0 Å². The zero-order valence-electron chi connectivity index (χ0n) is 12.0. The lowest BCUT2D eigenvalue weighted by Crippen LogP contribution is -2.33. The van der Waals surface area contributed by atoms with E-state index in [4.69, 9.17) is 9.15 Å². The normalized spacial score (nSPS) is 10.8. The zero-order valence-corrected chi connectivity index (χ0v) is 12.0. The molecular formula is C14H19N3O3. The predicted octanol–water partition coefficient (Wildman–Crippen LogP) is 1.91. The highest BCUT2D eigenvalue weighted by molar-refractivity contribution is 5.94. The van der Waals surface area contributed by atoms with Crippen molar-refractivity contribution < 1.29 is 13.9 Å². The van der Waals surface area contributed by atoms with Gasteiger partial charge in [-0.3, -0.25) is 9.89 Å². The van der Waals surface area contributed by atoms with Gasteiger partial charge in [-0.2, -0.15) is 5.10 Å². The van der Waals surface area contributed by atoms with Gasteiger partial charge in [0.05, 0.1) is 24.9 Å². The largest absolute Gasteiger partial charge is 0.464 e. The maximum Gasteiger partial charge on any atom is 0.257 e. The predicted molar refractivity (Wildman–Crippen MR) is 73.4 cm³/mol. The SMILES string of the molecule is COCCN(Cc1ccc(C)o1)C(=O)c1cn[nH]c1C. The molecule has 20 heavy (non-hydrogen) atoms. The van der Waals surface area contributed by atoms with Gasteiger partial charge < -0.3 is 14.1 Å². The molecule has 1 amide bonds. The second-order valence-corrected chi connectivity index (χ2v) is 4.64. The summed E-state index contributed by atoms with van der Waals surface area (Å²) in [6.45, 7) is 5.10. The number of hydrogen-bond donors (Lipinski definition) is 1. The van der Waals surface area contributed by atoms with Crippen molar-refractivity contribution in [3.8, 4) is 0 Å². The van der Waals surface area contributed by atoms with Crippen molar-refractivity contribution in [1.29, 1.82) is 0 Å². The van der Waals surface area contributed by atoms with Gasteiger partial charge in [-0.1, -0.05) is 0 Å². The molecule has 0 aliphatic rings. The number of furan rings is 1. The lowest BCUT2D eigenvalue weighted by Gasteiger charge is -2.21. The zero-order chi connectivity index (χ0) is 14.5. The number of ether oxygens (including phenoxy) is 1. The minimum atomic E-state index is -0.0812. The van der Waals surface area contributed by atoms with Crippen LogP contribution in [0.1, 0.15) is 27.6 Å². The van der Waals surface area contributed by atoms with Gasteiger partial charge in [0.2, 0.25) is 0 Å². The molecule has 2 aromatic heterocycles. The number of aromatic amines is 1. The topological polar surface area (TPSA) is 71.4 Å². The molecule has 0 aromatic carbocycles. The molecule has 6 nitrogen and oxygen atoms in total. The molecule has 2 heterocycles. The van der Waals surface area contributed by atoms with Crippen LogP contribution in [-0.2, 0) is 11.3 Å². The van der Waals surface area contributed by atoms with Crippen molar-refractivity contribution in [1.82, 2.24) is 15.1 Å². The number of aromatic nitrogens is 2. The Morgan fingerprint density at radius 3 is 2.80 bits per heavy atom. The smallest absolute Gasteiger partial charge is 0.257 e. The van der Waals surface area contributed by atoms with E-state index in [2.05, 4.69) is 10.2 Å². The molecule has 0 atom stereocenters. The molecule has 0 saturated heterocycles. The van der Waals surface area contributed by atoms with E-state index in [1.54, 1.807) is 18.2 Å². The summed E-state index contributed by atoms with van der Waals surface area (Å²) in [5, 5.41) is 6.67. The molecule has 2 aromatic rings. The average molecular weight is 277 g/mol. The number of methoxy groups -OCH3 is 1. The van der Waals surface area contributed by atoms with E-state index in [-0.39, 0.29) is 5.91 Å². The van der Waals surface area contributed by atoms with Gasteiger partial charge in [0.25, 0.3) is 5.91 Å². The molecule has 0 aliphatic carbocycles. The molecule has 1 N–H and O–H groups in total. The van der Waals surface area contributed by atoms with Crippen LogP contribution in [0.3, 0.4) is 0 Å². The summed E-state index contributed by atoms with van der Waals surface area (Å²) in [5.74, 6) is 1.51. The van der Waals surface area contributed by atoms with Gasteiger partial charge in [-0.05, 0) is 26.0 Å². The van der Waals surface area contributed by atoms with Crippen LogP contribution in [0.15, 0.2) is 22.7 Å². The van der Waals surface area contributed by atoms with Crippen molar-refractivity contribution in [3.63, 3.8) is 0 Å². The first-order chi connectivity index (χ1) is 9.61. The molecule has 6 heteroatoms. The Balaban J connectivity index is 2.14. The Morgan fingerprint density at radius 1 is 1.45 bits per heavy atom. The Morgan fingerprint density at radius 2 is 2.25 bits per heavy atom. The Labute approximate surface area is 117 Å². The van der Waals surface area contributed by atoms with E-state index in [1.165, 1.54) is 0 Å². The van der Waals surface area contributed by atoms with E-state index in [0.29, 0.717) is 25.3 Å². The Kier molecular flexibility index (Phi) is 4.57. The fraction of sp³-hybridized carbons (Fsp3) is 0.429. The monoisotopic (exact) mass is 277 g/mol. The first kappa shape index (κ1) is 14.3. The van der Waals surface area contributed by atoms with E-state index in [0.717, 1.165) is 17.2 Å². The first-order valence-electron chi connectivity index (χ1n) is 6.45. The van der Waals surface area contributed by atoms with Crippen LogP contribution in [-0.4, -0.2) is 41.3 Å². The maximum absolute atomic E-state index is 12.5. The standard InChI is InChI=1S/C14H19N3O3/c1-10-4-5-12(20-10)9-17(6-7-19-3)14(18)13-8-15-16-11(13)2/h4-5,8H,6-7,9H2,1-3H3,(H,15,16). The molecular weight excluding hydrogens is 258 g/mol. The van der Waals surface area contributed by atoms with E-state index in [1.807, 2.05) is 26.0 Å². The lowest BCUT2D eigenvalue weighted by atomic mass is 10.2. The summed E-state index contributed by atoms with van der Waals surface area (Å²) in [7, 11) is 1.61. The number of hydrogen-bond acceptors (Lipinski definition) is 4. The summed E-state index contributed by atoms with van der Waals surface area (Å²) >= 11 is 0. The van der Waals surface area contributed by atoms with Crippen molar-refractivity contribution in [3.05, 3.63) is 41.1 Å². The summed E-state index contributed by atoms with van der Waals surface area (Å²) in [5.41, 5.74) is 1.33. The molecule has 0 saturated carbocycles. The lowest BCUT2D eigenvalue weighted by molar-refractivity contribution is 0.0665. The Hall–Kier alpha value is -2.08. The summed E-state index contributed by atoms with van der Waals surface area (Å²) in [6, 6.07) is 3.77. The highest BCUT2D eigenvalue weighted by Crippen LogP contribution is 2.13. The molecule has 0 fully saturated rings. The van der Waals surface area contributed by atoms with Crippen LogP contribution in [0.2, 0.25) is 0 Å². The van der Waals surface area contributed by atoms with Crippen LogP contribution >= 0.6 is 0 Å². The number of carbonyl (C=O) groups excluding carboxylic acids is 1. The van der Waals surface area contributed by atoms with Crippen LogP contribution in [0, 0.1) is 13.8 Å². The van der Waals surface area contributed by atoms with Crippen molar-refractivity contribution in [2.24, 2.45) is 0 Å². The Bertz CT molecular complexity index is 574. The van der Waals surface area contributed by atoms with E-state index < -0.39 is 0 Å². The third-order valence-electron chi connectivity index (χ3n) is 3.06. The second-order valence-electron chi connectivity index (χ2n) is 4.64. The number of amides is 1. The fourth-order valence-corrected chi connectivity index (χ4v) is 1.95.